The van der Waals surface area contributed by atoms with Crippen LogP contribution in [0.4, 0.5) is 5.69 Å². The van der Waals surface area contributed by atoms with Crippen molar-refractivity contribution in [2.75, 3.05) is 37.6 Å². The average Bonchev–Trinajstić information content (AvgIpc) is 3.53. The Morgan fingerprint density at radius 2 is 1.76 bits per heavy atom. The molecule has 6 rings (SSSR count). The maximum Gasteiger partial charge on any atom is 0.233 e. The monoisotopic (exact) mass is 511 g/mol. The van der Waals surface area contributed by atoms with E-state index in [0.29, 0.717) is 29.1 Å². The molecule has 2 N–H and O–H groups in total. The Hall–Kier alpha value is -3.45. The number of hydrogen-bond acceptors (Lipinski definition) is 6. The highest BCUT2D eigenvalue weighted by atomic mass is 16.3. The first-order valence-corrected chi connectivity index (χ1v) is 14.1. The van der Waals surface area contributed by atoms with Crippen molar-refractivity contribution in [3.05, 3.63) is 72.4 Å². The summed E-state index contributed by atoms with van der Waals surface area (Å²) in [6.07, 6.45) is 8.07. The molecule has 4 heterocycles. The number of anilines is 1. The molecule has 2 unspecified atom stereocenters. The van der Waals surface area contributed by atoms with E-state index in [1.54, 1.807) is 18.3 Å². The fourth-order valence-corrected chi connectivity index (χ4v) is 6.82. The minimum absolute atomic E-state index is 0.193. The van der Waals surface area contributed by atoms with Gasteiger partial charge in [-0.15, -0.1) is 0 Å². The normalized spacial score (nSPS) is 23.4. The zero-order valence-electron chi connectivity index (χ0n) is 21.9. The van der Waals surface area contributed by atoms with Crippen molar-refractivity contribution in [3.63, 3.8) is 0 Å². The van der Waals surface area contributed by atoms with Crippen molar-refractivity contribution >= 4 is 11.6 Å². The number of benzene rings is 2. The number of phenols is 1. The number of amides is 1. The number of phenolic OH excluding ortho intramolecular Hbond substituents is 1. The van der Waals surface area contributed by atoms with Gasteiger partial charge in [0.1, 0.15) is 5.75 Å². The minimum Gasteiger partial charge on any atom is -0.507 e. The first-order chi connectivity index (χ1) is 18.6. The summed E-state index contributed by atoms with van der Waals surface area (Å²) in [7, 11) is 0. The third kappa shape index (κ3) is 4.75. The Labute approximate surface area is 224 Å². The van der Waals surface area contributed by atoms with Crippen LogP contribution in [0.3, 0.4) is 0 Å². The molecule has 0 saturated carbocycles. The standard InChI is InChI=1S/C31H37N5O2/c37-29-13-5-4-11-26(29)28-20-25(21-33-34-28)35-18-14-31(15-19-35,24-9-2-1-3-10-24)30(38)36-17-7-8-23(22-36)27-12-6-16-32-27/h1-5,9-11,13,20-21,23,27,32,37H,6-8,12,14-19,22H2. The summed E-state index contributed by atoms with van der Waals surface area (Å²) in [6, 6.07) is 20.2. The van der Waals surface area contributed by atoms with Crippen molar-refractivity contribution in [1.29, 1.82) is 0 Å². The van der Waals surface area contributed by atoms with E-state index < -0.39 is 5.41 Å². The number of aromatic hydroxyl groups is 1. The Morgan fingerprint density at radius 1 is 0.974 bits per heavy atom. The molecule has 2 atom stereocenters. The molecule has 7 nitrogen and oxygen atoms in total. The van der Waals surface area contributed by atoms with E-state index in [4.69, 9.17) is 0 Å². The largest absolute Gasteiger partial charge is 0.507 e. The zero-order chi connectivity index (χ0) is 26.0. The van der Waals surface area contributed by atoms with Crippen molar-refractivity contribution in [1.82, 2.24) is 20.4 Å². The highest BCUT2D eigenvalue weighted by Crippen LogP contribution is 2.40. The van der Waals surface area contributed by atoms with Gasteiger partial charge in [-0.25, -0.2) is 0 Å². The van der Waals surface area contributed by atoms with Gasteiger partial charge in [-0.2, -0.15) is 10.2 Å². The van der Waals surface area contributed by atoms with E-state index in [1.807, 2.05) is 24.3 Å². The molecule has 3 aliphatic rings. The Morgan fingerprint density at radius 3 is 2.53 bits per heavy atom. The number of para-hydroxylation sites is 1. The summed E-state index contributed by atoms with van der Waals surface area (Å²) in [5, 5.41) is 22.5. The molecule has 0 bridgehead atoms. The summed E-state index contributed by atoms with van der Waals surface area (Å²) in [4.78, 5) is 18.9. The molecule has 3 aliphatic heterocycles. The highest BCUT2D eigenvalue weighted by Gasteiger charge is 2.46. The van der Waals surface area contributed by atoms with Crippen LogP contribution in [0.2, 0.25) is 0 Å². The minimum atomic E-state index is -0.510. The second-order valence-electron chi connectivity index (χ2n) is 11.1. The summed E-state index contributed by atoms with van der Waals surface area (Å²) >= 11 is 0. The number of piperidine rings is 2. The van der Waals surface area contributed by atoms with Crippen LogP contribution in [0.25, 0.3) is 11.3 Å². The molecule has 2 aromatic carbocycles. The van der Waals surface area contributed by atoms with E-state index >= 15 is 0 Å². The Balaban J connectivity index is 1.23. The predicted octanol–water partition coefficient (Wildman–Crippen LogP) is 4.38. The van der Waals surface area contributed by atoms with Crippen LogP contribution >= 0.6 is 0 Å². The zero-order valence-corrected chi connectivity index (χ0v) is 21.9. The van der Waals surface area contributed by atoms with Crippen LogP contribution < -0.4 is 10.2 Å². The molecular formula is C31H37N5O2. The van der Waals surface area contributed by atoms with E-state index in [9.17, 15) is 9.90 Å². The van der Waals surface area contributed by atoms with E-state index in [-0.39, 0.29) is 5.75 Å². The topological polar surface area (TPSA) is 81.6 Å². The van der Waals surface area contributed by atoms with E-state index in [0.717, 1.165) is 63.2 Å². The lowest BCUT2D eigenvalue weighted by Gasteiger charge is -2.46. The van der Waals surface area contributed by atoms with Gasteiger partial charge in [0, 0.05) is 37.8 Å². The van der Waals surface area contributed by atoms with Gasteiger partial charge in [0.05, 0.1) is 23.0 Å². The number of nitrogens with one attached hydrogen (secondary N) is 1. The van der Waals surface area contributed by atoms with Gasteiger partial charge in [-0.3, -0.25) is 4.79 Å². The van der Waals surface area contributed by atoms with Gasteiger partial charge in [0.15, 0.2) is 0 Å². The number of hydrogen-bond donors (Lipinski definition) is 2. The quantitative estimate of drug-likeness (QED) is 0.529. The first-order valence-electron chi connectivity index (χ1n) is 14.1. The van der Waals surface area contributed by atoms with Crippen LogP contribution in [-0.4, -0.2) is 64.9 Å². The van der Waals surface area contributed by atoms with E-state index in [2.05, 4.69) is 49.6 Å². The fourth-order valence-electron chi connectivity index (χ4n) is 6.82. The van der Waals surface area contributed by atoms with Crippen molar-refractivity contribution in [2.45, 2.75) is 50.0 Å². The van der Waals surface area contributed by atoms with Crippen LogP contribution in [0, 0.1) is 5.92 Å². The molecule has 0 radical (unpaired) electrons. The van der Waals surface area contributed by atoms with Gasteiger partial charge >= 0.3 is 0 Å². The number of carbonyl (C=O) groups is 1. The van der Waals surface area contributed by atoms with Gasteiger partial charge in [0.25, 0.3) is 0 Å². The molecule has 3 saturated heterocycles. The smallest absolute Gasteiger partial charge is 0.233 e. The maximum atomic E-state index is 14.4. The number of nitrogens with zero attached hydrogens (tertiary/aromatic N) is 4. The van der Waals surface area contributed by atoms with Gasteiger partial charge in [-0.1, -0.05) is 42.5 Å². The third-order valence-corrected chi connectivity index (χ3v) is 8.95. The summed E-state index contributed by atoms with van der Waals surface area (Å²) in [5.41, 5.74) is 2.91. The fraction of sp³-hybridized carbons (Fsp3) is 0.452. The van der Waals surface area contributed by atoms with Crippen molar-refractivity contribution < 1.29 is 9.90 Å². The van der Waals surface area contributed by atoms with Crippen LogP contribution in [-0.2, 0) is 10.2 Å². The number of carbonyl (C=O) groups excluding carboxylic acids is 1. The Bertz CT molecular complexity index is 1250. The molecule has 198 valence electrons. The molecule has 0 aliphatic carbocycles. The van der Waals surface area contributed by atoms with Gasteiger partial charge < -0.3 is 20.2 Å². The predicted molar refractivity (Wildman–Crippen MR) is 149 cm³/mol. The van der Waals surface area contributed by atoms with Crippen molar-refractivity contribution in [2.24, 2.45) is 5.92 Å². The first kappa shape index (κ1) is 24.9. The average molecular weight is 512 g/mol. The summed E-state index contributed by atoms with van der Waals surface area (Å²) in [5.74, 6) is 1.05. The van der Waals surface area contributed by atoms with Crippen molar-refractivity contribution in [3.8, 4) is 17.0 Å². The van der Waals surface area contributed by atoms with Gasteiger partial charge in [-0.05, 0) is 74.8 Å². The molecule has 3 fully saturated rings. The maximum absolute atomic E-state index is 14.4. The summed E-state index contributed by atoms with van der Waals surface area (Å²) in [6.45, 7) is 4.35. The number of rotatable bonds is 5. The molecule has 3 aromatic rings. The second kappa shape index (κ2) is 10.7. The second-order valence-corrected chi connectivity index (χ2v) is 11.1. The lowest BCUT2D eigenvalue weighted by molar-refractivity contribution is -0.140. The Kier molecular flexibility index (Phi) is 7.02. The summed E-state index contributed by atoms with van der Waals surface area (Å²) < 4.78 is 0. The molecule has 1 amide bonds. The molecule has 0 spiro atoms. The molecule has 1 aromatic heterocycles. The molecule has 38 heavy (non-hydrogen) atoms. The van der Waals surface area contributed by atoms with Crippen LogP contribution in [0.5, 0.6) is 5.75 Å². The third-order valence-electron chi connectivity index (χ3n) is 8.95. The number of likely N-dealkylation sites (tertiary alicyclic amines) is 1. The van der Waals surface area contributed by atoms with Crippen LogP contribution in [0.15, 0.2) is 66.9 Å². The highest BCUT2D eigenvalue weighted by molar-refractivity contribution is 5.89. The van der Waals surface area contributed by atoms with Gasteiger partial charge in [0.2, 0.25) is 5.91 Å². The van der Waals surface area contributed by atoms with Crippen LogP contribution in [0.1, 0.15) is 44.1 Å². The lowest BCUT2D eigenvalue weighted by atomic mass is 9.71. The number of aromatic nitrogens is 2. The molecule has 7 heteroatoms. The SMILES string of the molecule is O=C(N1CCCC(C2CCCN2)C1)C1(c2ccccc2)CCN(c2cnnc(-c3ccccc3O)c2)CC1. The van der Waals surface area contributed by atoms with E-state index in [1.165, 1.54) is 19.3 Å². The lowest BCUT2D eigenvalue weighted by Crippen LogP contribution is -2.56. The molecular weight excluding hydrogens is 474 g/mol.